The minimum Gasteiger partial charge on any atom is -0.488 e. The van der Waals surface area contributed by atoms with Gasteiger partial charge in [-0.15, -0.1) is 11.6 Å². The summed E-state index contributed by atoms with van der Waals surface area (Å²) in [5.74, 6) is -1.53. The van der Waals surface area contributed by atoms with Crippen LogP contribution in [0.25, 0.3) is 11.0 Å². The van der Waals surface area contributed by atoms with E-state index >= 15 is 0 Å². The van der Waals surface area contributed by atoms with E-state index in [1.54, 1.807) is 6.92 Å². The van der Waals surface area contributed by atoms with Crippen molar-refractivity contribution in [1.82, 2.24) is 4.72 Å². The van der Waals surface area contributed by atoms with E-state index in [2.05, 4.69) is 0 Å². The molecule has 1 heterocycles. The summed E-state index contributed by atoms with van der Waals surface area (Å²) in [7, 11) is -4.13. The minimum absolute atomic E-state index is 0.0420. The van der Waals surface area contributed by atoms with Crippen LogP contribution in [0.4, 0.5) is 0 Å². The Labute approximate surface area is 148 Å². The molecule has 25 heavy (non-hydrogen) atoms. The number of hydrogen-bond donors (Lipinski definition) is 2. The zero-order valence-electron chi connectivity index (χ0n) is 13.4. The molecule has 2 aromatic rings. The van der Waals surface area contributed by atoms with Gasteiger partial charge in [-0.3, -0.25) is 9.59 Å². The average Bonchev–Trinajstić information content (AvgIpc) is 2.95. The van der Waals surface area contributed by atoms with Gasteiger partial charge in [0.25, 0.3) is 0 Å². The number of rotatable bonds is 8. The predicted molar refractivity (Wildman–Crippen MR) is 89.9 cm³/mol. The number of carbonyl (C=O) groups excluding carboxylic acids is 1. The normalized spacial score (nSPS) is 12.9. The zero-order chi connectivity index (χ0) is 18.8. The summed E-state index contributed by atoms with van der Waals surface area (Å²) in [6, 6.07) is 3.90. The van der Waals surface area contributed by atoms with Crippen LogP contribution in [-0.2, 0) is 14.8 Å². The van der Waals surface area contributed by atoms with Crippen molar-refractivity contribution in [2.45, 2.75) is 24.1 Å². The number of halogens is 1. The lowest BCUT2D eigenvalue weighted by atomic mass is 10.2. The van der Waals surface area contributed by atoms with E-state index in [1.807, 2.05) is 4.72 Å². The lowest BCUT2D eigenvalue weighted by Crippen LogP contribution is -2.29. The number of carboxylic acids is 1. The molecular weight excluding hydrogens is 374 g/mol. The Bertz CT molecular complexity index is 917. The highest BCUT2D eigenvalue weighted by atomic mass is 35.5. The topological polar surface area (TPSA) is 123 Å². The maximum atomic E-state index is 12.3. The van der Waals surface area contributed by atoms with Gasteiger partial charge in [-0.05, 0) is 25.1 Å². The highest BCUT2D eigenvalue weighted by molar-refractivity contribution is 7.89. The molecule has 0 fully saturated rings. The maximum absolute atomic E-state index is 12.3. The van der Waals surface area contributed by atoms with Crippen molar-refractivity contribution in [3.63, 3.8) is 0 Å². The number of alkyl halides is 1. The molecule has 1 unspecified atom stereocenters. The maximum Gasteiger partial charge on any atom is 0.318 e. The largest absolute Gasteiger partial charge is 0.488 e. The Hall–Kier alpha value is -2.10. The lowest BCUT2D eigenvalue weighted by molar-refractivity contribution is -0.135. The van der Waals surface area contributed by atoms with Gasteiger partial charge in [0.2, 0.25) is 10.0 Å². The summed E-state index contributed by atoms with van der Waals surface area (Å²) in [5, 5.41) is 8.48. The fourth-order valence-corrected chi connectivity index (χ4v) is 3.25. The van der Waals surface area contributed by atoms with E-state index < -0.39 is 28.3 Å². The molecule has 136 valence electrons. The number of ether oxygens (including phenoxy) is 1. The van der Waals surface area contributed by atoms with E-state index in [0.717, 1.165) is 0 Å². The van der Waals surface area contributed by atoms with E-state index in [0.29, 0.717) is 0 Å². The van der Waals surface area contributed by atoms with Crippen LogP contribution in [0.2, 0.25) is 0 Å². The molecule has 0 bridgehead atoms. The molecule has 2 rings (SSSR count). The minimum atomic E-state index is -4.13. The Morgan fingerprint density at radius 3 is 2.64 bits per heavy atom. The number of carbonyl (C=O) groups is 2. The fourth-order valence-electron chi connectivity index (χ4n) is 2.03. The number of nitrogens with one attached hydrogen (secondary N) is 1. The Morgan fingerprint density at radius 1 is 1.40 bits per heavy atom. The van der Waals surface area contributed by atoms with Crippen LogP contribution in [0.3, 0.4) is 0 Å². The van der Waals surface area contributed by atoms with Crippen LogP contribution in [0.5, 0.6) is 5.75 Å². The van der Waals surface area contributed by atoms with Gasteiger partial charge in [-0.1, -0.05) is 0 Å². The molecule has 0 saturated carbocycles. The predicted octanol–water partition coefficient (Wildman–Crippen LogP) is 2.00. The molecule has 0 amide bonds. The van der Waals surface area contributed by atoms with E-state index in [9.17, 15) is 18.0 Å². The molecule has 0 radical (unpaired) electrons. The average molecular weight is 390 g/mol. The number of Topliss-reactive ketones (excluding diaryl/α,β-unsaturated/α-hetero) is 1. The van der Waals surface area contributed by atoms with Crippen molar-refractivity contribution < 1.29 is 32.3 Å². The van der Waals surface area contributed by atoms with Gasteiger partial charge in [0.15, 0.2) is 22.9 Å². The second kappa shape index (κ2) is 7.42. The molecular formula is C15H16ClNO7S. The summed E-state index contributed by atoms with van der Waals surface area (Å²) >= 11 is 5.84. The van der Waals surface area contributed by atoms with Gasteiger partial charge < -0.3 is 14.3 Å². The van der Waals surface area contributed by atoms with Gasteiger partial charge in [0, 0.05) is 12.3 Å². The smallest absolute Gasteiger partial charge is 0.318 e. The van der Waals surface area contributed by atoms with Gasteiger partial charge in [0.05, 0.1) is 10.3 Å². The molecule has 10 heteroatoms. The SMILES string of the molecule is CC(=O)c1cc2c(S(=O)(=O)NCC(=O)O)ccc(OCC(C)Cl)c2o1. The molecule has 8 nitrogen and oxygen atoms in total. The number of ketones is 1. The van der Waals surface area contributed by atoms with Crippen LogP contribution in [0.15, 0.2) is 27.5 Å². The quantitative estimate of drug-likeness (QED) is 0.522. The number of fused-ring (bicyclic) bond motifs is 1. The highest BCUT2D eigenvalue weighted by Gasteiger charge is 2.24. The third-order valence-electron chi connectivity index (χ3n) is 3.13. The van der Waals surface area contributed by atoms with E-state index in [4.69, 9.17) is 25.9 Å². The Kier molecular flexibility index (Phi) is 5.71. The summed E-state index contributed by atoms with van der Waals surface area (Å²) in [5.41, 5.74) is 0.0701. The monoisotopic (exact) mass is 389 g/mol. The Morgan fingerprint density at radius 2 is 2.08 bits per heavy atom. The number of carboxylic acid groups (broad SMARTS) is 1. The Balaban J connectivity index is 2.57. The molecule has 1 atom stereocenters. The van der Waals surface area contributed by atoms with Gasteiger partial charge in [-0.25, -0.2) is 8.42 Å². The highest BCUT2D eigenvalue weighted by Crippen LogP contribution is 2.34. The second-order valence-corrected chi connectivity index (χ2v) is 7.76. The summed E-state index contributed by atoms with van der Waals surface area (Å²) in [4.78, 5) is 22.0. The van der Waals surface area contributed by atoms with Crippen molar-refractivity contribution in [3.8, 4) is 5.75 Å². The number of aliphatic carboxylic acids is 1. The van der Waals surface area contributed by atoms with E-state index in [-0.39, 0.29) is 39.4 Å². The van der Waals surface area contributed by atoms with Crippen molar-refractivity contribution in [1.29, 1.82) is 0 Å². The van der Waals surface area contributed by atoms with Crippen molar-refractivity contribution in [2.24, 2.45) is 0 Å². The lowest BCUT2D eigenvalue weighted by Gasteiger charge is -2.10. The van der Waals surface area contributed by atoms with E-state index in [1.165, 1.54) is 25.1 Å². The first kappa shape index (κ1) is 19.2. The van der Waals surface area contributed by atoms with Gasteiger partial charge in [-0.2, -0.15) is 4.72 Å². The van der Waals surface area contributed by atoms with Crippen LogP contribution in [-0.4, -0.2) is 43.8 Å². The number of furan rings is 1. The van der Waals surface area contributed by atoms with Crippen molar-refractivity contribution >= 4 is 44.3 Å². The molecule has 0 aliphatic carbocycles. The number of hydrogen-bond acceptors (Lipinski definition) is 6. The summed E-state index contributed by atoms with van der Waals surface area (Å²) in [6.45, 7) is 2.37. The number of benzene rings is 1. The third-order valence-corrected chi connectivity index (χ3v) is 4.71. The fraction of sp³-hybridized carbons (Fsp3) is 0.333. The first-order valence-electron chi connectivity index (χ1n) is 7.17. The van der Waals surface area contributed by atoms with Gasteiger partial charge >= 0.3 is 5.97 Å². The van der Waals surface area contributed by atoms with Crippen LogP contribution in [0, 0.1) is 0 Å². The molecule has 0 aliphatic heterocycles. The first-order valence-corrected chi connectivity index (χ1v) is 9.09. The van der Waals surface area contributed by atoms with Crippen LogP contribution >= 0.6 is 11.6 Å². The molecule has 1 aromatic heterocycles. The van der Waals surface area contributed by atoms with Crippen LogP contribution < -0.4 is 9.46 Å². The third kappa shape index (κ3) is 4.50. The molecule has 1 aromatic carbocycles. The molecule has 0 aliphatic rings. The first-order chi connectivity index (χ1) is 11.6. The molecule has 0 spiro atoms. The summed E-state index contributed by atoms with van der Waals surface area (Å²) in [6.07, 6.45) is 0. The zero-order valence-corrected chi connectivity index (χ0v) is 15.0. The molecule has 0 saturated heterocycles. The van der Waals surface area contributed by atoms with Crippen molar-refractivity contribution in [3.05, 3.63) is 24.0 Å². The summed E-state index contributed by atoms with van der Waals surface area (Å²) < 4.78 is 37.6. The van der Waals surface area contributed by atoms with Crippen LogP contribution in [0.1, 0.15) is 24.4 Å². The molecule has 2 N–H and O–H groups in total. The van der Waals surface area contributed by atoms with Gasteiger partial charge in [0.1, 0.15) is 13.2 Å². The number of sulfonamides is 1. The second-order valence-electron chi connectivity index (χ2n) is 5.28. The van der Waals surface area contributed by atoms with Crippen molar-refractivity contribution in [2.75, 3.05) is 13.2 Å². The standard InChI is InChI=1S/C15H16ClNO7S/c1-8(16)7-23-11-3-4-13(25(21,22)17-6-14(19)20)10-5-12(9(2)18)24-15(10)11/h3-5,8,17H,6-7H2,1-2H3,(H,19,20).